The van der Waals surface area contributed by atoms with Crippen LogP contribution in [0.3, 0.4) is 0 Å². The van der Waals surface area contributed by atoms with E-state index >= 15 is 0 Å². The topological polar surface area (TPSA) is 53.9 Å². The maximum absolute atomic E-state index is 4.61. The van der Waals surface area contributed by atoms with Gasteiger partial charge in [0.2, 0.25) is 0 Å². The molecule has 1 saturated heterocycles. The third-order valence-corrected chi connectivity index (χ3v) is 5.73. The highest BCUT2D eigenvalue weighted by Gasteiger charge is 2.11. The van der Waals surface area contributed by atoms with Gasteiger partial charge in [-0.3, -0.25) is 4.90 Å². The first-order valence-electron chi connectivity index (χ1n) is 8.26. The van der Waals surface area contributed by atoms with E-state index in [-0.39, 0.29) is 0 Å². The number of hydrogen-bond donors (Lipinski definition) is 1. The summed E-state index contributed by atoms with van der Waals surface area (Å²) in [4.78, 5) is 15.9. The highest BCUT2D eigenvalue weighted by atomic mass is 32.2. The third kappa shape index (κ3) is 4.36. The smallest absolute Gasteiger partial charge is 0.141 e. The van der Waals surface area contributed by atoms with Crippen molar-refractivity contribution in [3.05, 3.63) is 53.7 Å². The lowest BCUT2D eigenvalue weighted by Crippen LogP contribution is -2.31. The van der Waals surface area contributed by atoms with Gasteiger partial charge in [-0.05, 0) is 23.8 Å². The van der Waals surface area contributed by atoms with E-state index in [4.69, 9.17) is 0 Å². The minimum atomic E-state index is 0.779. The first kappa shape index (κ1) is 16.5. The number of pyridine rings is 2. The van der Waals surface area contributed by atoms with Gasteiger partial charge in [0.15, 0.2) is 0 Å². The van der Waals surface area contributed by atoms with Crippen LogP contribution in [0.5, 0.6) is 0 Å². The molecule has 0 atom stereocenters. The Labute approximate surface area is 155 Å². The normalized spacial score (nSPS) is 15.2. The van der Waals surface area contributed by atoms with Gasteiger partial charge in [-0.1, -0.05) is 12.1 Å². The Morgan fingerprint density at radius 2 is 1.96 bits per heavy atom. The number of thioether (sulfide) groups is 1. The number of nitrogens with zero attached hydrogens (tertiary/aromatic N) is 4. The SMILES string of the molecule is c1cc(Nc2ccc(CN3CCSCC3)cn2)nc(-c2nccs2)c1. The average Bonchev–Trinajstić information content (AvgIpc) is 3.19. The molecule has 0 bridgehead atoms. The second-order valence-electron chi connectivity index (χ2n) is 5.81. The van der Waals surface area contributed by atoms with E-state index in [0.717, 1.165) is 42.0 Å². The molecule has 1 fully saturated rings. The lowest BCUT2D eigenvalue weighted by Gasteiger charge is -2.25. The maximum Gasteiger partial charge on any atom is 0.141 e. The molecule has 3 aromatic rings. The van der Waals surface area contributed by atoms with Crippen LogP contribution in [0.2, 0.25) is 0 Å². The van der Waals surface area contributed by atoms with Gasteiger partial charge >= 0.3 is 0 Å². The fraction of sp³-hybridized carbons (Fsp3) is 0.278. The van der Waals surface area contributed by atoms with Crippen molar-refractivity contribution in [2.24, 2.45) is 0 Å². The second-order valence-corrected chi connectivity index (χ2v) is 7.93. The largest absolute Gasteiger partial charge is 0.325 e. The van der Waals surface area contributed by atoms with E-state index in [1.54, 1.807) is 17.5 Å². The minimum Gasteiger partial charge on any atom is -0.325 e. The molecule has 1 aliphatic rings. The van der Waals surface area contributed by atoms with Crippen LogP contribution < -0.4 is 5.32 Å². The van der Waals surface area contributed by atoms with E-state index < -0.39 is 0 Å². The Morgan fingerprint density at radius 1 is 1.04 bits per heavy atom. The molecule has 0 amide bonds. The molecule has 0 saturated carbocycles. The van der Waals surface area contributed by atoms with Crippen LogP contribution in [0.1, 0.15) is 5.56 Å². The Morgan fingerprint density at radius 3 is 2.72 bits per heavy atom. The molecule has 3 aromatic heterocycles. The molecule has 0 radical (unpaired) electrons. The molecule has 1 aliphatic heterocycles. The highest BCUT2D eigenvalue weighted by molar-refractivity contribution is 7.99. The van der Waals surface area contributed by atoms with Gasteiger partial charge in [0.1, 0.15) is 22.3 Å². The van der Waals surface area contributed by atoms with E-state index in [1.807, 2.05) is 47.6 Å². The molecule has 25 heavy (non-hydrogen) atoms. The van der Waals surface area contributed by atoms with E-state index in [1.165, 1.54) is 17.1 Å². The summed E-state index contributed by atoms with van der Waals surface area (Å²) in [7, 11) is 0. The predicted octanol–water partition coefficient (Wildman–Crippen LogP) is 3.89. The summed E-state index contributed by atoms with van der Waals surface area (Å²) in [6, 6.07) is 10.1. The molecular weight excluding hydrogens is 350 g/mol. The molecule has 0 unspecified atom stereocenters. The minimum absolute atomic E-state index is 0.779. The summed E-state index contributed by atoms with van der Waals surface area (Å²) >= 11 is 3.62. The van der Waals surface area contributed by atoms with Gasteiger partial charge in [-0.25, -0.2) is 15.0 Å². The Balaban J connectivity index is 1.42. The second kappa shape index (κ2) is 7.95. The molecule has 7 heteroatoms. The van der Waals surface area contributed by atoms with Crippen molar-refractivity contribution >= 4 is 34.7 Å². The number of thiazole rings is 1. The van der Waals surface area contributed by atoms with Gasteiger partial charge in [0, 0.05) is 48.9 Å². The fourth-order valence-electron chi connectivity index (χ4n) is 2.71. The highest BCUT2D eigenvalue weighted by Crippen LogP contribution is 2.22. The van der Waals surface area contributed by atoms with Crippen LogP contribution in [0.15, 0.2) is 48.1 Å². The summed E-state index contributed by atoms with van der Waals surface area (Å²) in [5.41, 5.74) is 2.13. The third-order valence-electron chi connectivity index (χ3n) is 3.99. The van der Waals surface area contributed by atoms with Crippen molar-refractivity contribution in [1.82, 2.24) is 19.9 Å². The maximum atomic E-state index is 4.61. The number of hydrogen-bond acceptors (Lipinski definition) is 7. The van der Waals surface area contributed by atoms with Gasteiger partial charge in [-0.15, -0.1) is 11.3 Å². The number of aromatic nitrogens is 3. The molecule has 128 valence electrons. The van der Waals surface area contributed by atoms with Crippen LogP contribution in [0, 0.1) is 0 Å². The summed E-state index contributed by atoms with van der Waals surface area (Å²) in [6.45, 7) is 3.31. The lowest BCUT2D eigenvalue weighted by atomic mass is 10.2. The zero-order valence-electron chi connectivity index (χ0n) is 13.8. The van der Waals surface area contributed by atoms with Crippen molar-refractivity contribution in [2.45, 2.75) is 6.54 Å². The molecular formula is C18H19N5S2. The van der Waals surface area contributed by atoms with Gasteiger partial charge in [-0.2, -0.15) is 11.8 Å². The van der Waals surface area contributed by atoms with Crippen LogP contribution >= 0.6 is 23.1 Å². The monoisotopic (exact) mass is 369 g/mol. The quantitative estimate of drug-likeness (QED) is 0.736. The average molecular weight is 370 g/mol. The molecule has 4 rings (SSSR count). The standard InChI is InChI=1S/C18H19N5S2/c1-2-15(18-19-6-9-25-18)21-17(3-1)22-16-5-4-14(12-20-16)13-23-7-10-24-11-8-23/h1-6,9,12H,7-8,10-11,13H2,(H,20,21,22). The molecule has 5 nitrogen and oxygen atoms in total. The summed E-state index contributed by atoms with van der Waals surface area (Å²) < 4.78 is 0. The molecule has 0 aromatic carbocycles. The molecule has 1 N–H and O–H groups in total. The van der Waals surface area contributed by atoms with Crippen molar-refractivity contribution in [2.75, 3.05) is 29.9 Å². The van der Waals surface area contributed by atoms with Crippen LogP contribution in [-0.2, 0) is 6.54 Å². The molecule has 4 heterocycles. The van der Waals surface area contributed by atoms with Crippen molar-refractivity contribution in [3.63, 3.8) is 0 Å². The Bertz CT molecular complexity index is 799. The summed E-state index contributed by atoms with van der Waals surface area (Å²) in [5, 5.41) is 6.15. The van der Waals surface area contributed by atoms with Crippen molar-refractivity contribution in [1.29, 1.82) is 0 Å². The number of anilines is 2. The van der Waals surface area contributed by atoms with Gasteiger partial charge in [0.05, 0.1) is 0 Å². The van der Waals surface area contributed by atoms with Crippen LogP contribution in [0.25, 0.3) is 10.7 Å². The van der Waals surface area contributed by atoms with Gasteiger partial charge < -0.3 is 5.32 Å². The predicted molar refractivity (Wildman–Crippen MR) is 105 cm³/mol. The molecule has 0 aliphatic carbocycles. The van der Waals surface area contributed by atoms with E-state index in [2.05, 4.69) is 31.2 Å². The Kier molecular flexibility index (Phi) is 5.25. The first-order valence-corrected chi connectivity index (χ1v) is 10.3. The zero-order valence-corrected chi connectivity index (χ0v) is 15.4. The first-order chi connectivity index (χ1) is 12.4. The summed E-state index contributed by atoms with van der Waals surface area (Å²) in [5.74, 6) is 4.05. The zero-order chi connectivity index (χ0) is 16.9. The number of nitrogens with one attached hydrogen (secondary N) is 1. The van der Waals surface area contributed by atoms with Crippen molar-refractivity contribution < 1.29 is 0 Å². The fourth-order valence-corrected chi connectivity index (χ4v) is 4.30. The van der Waals surface area contributed by atoms with E-state index in [9.17, 15) is 0 Å². The van der Waals surface area contributed by atoms with Gasteiger partial charge in [0.25, 0.3) is 0 Å². The Hall–Kier alpha value is -1.96. The van der Waals surface area contributed by atoms with Crippen molar-refractivity contribution in [3.8, 4) is 10.7 Å². The van der Waals surface area contributed by atoms with E-state index in [0.29, 0.717) is 0 Å². The lowest BCUT2D eigenvalue weighted by molar-refractivity contribution is 0.294. The summed E-state index contributed by atoms with van der Waals surface area (Å²) in [6.07, 6.45) is 3.75. The van der Waals surface area contributed by atoms with Crippen LogP contribution in [-0.4, -0.2) is 44.4 Å². The number of rotatable bonds is 5. The van der Waals surface area contributed by atoms with Crippen LogP contribution in [0.4, 0.5) is 11.6 Å². The molecule has 0 spiro atoms.